The van der Waals surface area contributed by atoms with Crippen molar-refractivity contribution >= 4 is 12.1 Å². The Labute approximate surface area is 155 Å². The van der Waals surface area contributed by atoms with Crippen molar-refractivity contribution in [1.29, 1.82) is 0 Å². The number of aromatic nitrogens is 4. The van der Waals surface area contributed by atoms with Crippen LogP contribution < -0.4 is 10.2 Å². The topological polar surface area (TPSA) is 86.3 Å². The van der Waals surface area contributed by atoms with Gasteiger partial charge in [0.1, 0.15) is 5.75 Å². The van der Waals surface area contributed by atoms with E-state index in [1.54, 1.807) is 19.2 Å². The Morgan fingerprint density at radius 1 is 1.30 bits per heavy atom. The lowest BCUT2D eigenvalue weighted by atomic mass is 10.2. The summed E-state index contributed by atoms with van der Waals surface area (Å²) in [6.07, 6.45) is 2.84. The number of carbonyl (C=O) groups excluding carboxylic acids is 1. The third kappa shape index (κ3) is 4.20. The van der Waals surface area contributed by atoms with Gasteiger partial charge in [0.15, 0.2) is 12.4 Å². The fraction of sp³-hybridized carbons (Fsp3) is 0.222. The monoisotopic (exact) mass is 370 g/mol. The molecule has 140 valence electrons. The Morgan fingerprint density at radius 2 is 2.07 bits per heavy atom. The van der Waals surface area contributed by atoms with Crippen molar-refractivity contribution in [3.63, 3.8) is 0 Å². The van der Waals surface area contributed by atoms with Gasteiger partial charge in [-0.15, -0.1) is 0 Å². The van der Waals surface area contributed by atoms with Crippen molar-refractivity contribution in [3.8, 4) is 5.75 Å². The molecule has 1 amide bonds. The summed E-state index contributed by atoms with van der Waals surface area (Å²) < 4.78 is 22.1. The van der Waals surface area contributed by atoms with Gasteiger partial charge >= 0.3 is 0 Å². The van der Waals surface area contributed by atoms with Crippen molar-refractivity contribution < 1.29 is 13.9 Å². The molecule has 0 atom stereocenters. The van der Waals surface area contributed by atoms with Crippen LogP contribution in [0.5, 0.6) is 5.75 Å². The van der Waals surface area contributed by atoms with Gasteiger partial charge in [0.2, 0.25) is 5.95 Å². The molecule has 2 aromatic heterocycles. The fourth-order valence-electron chi connectivity index (χ4n) is 2.41. The molecule has 0 unspecified atom stereocenters. The second kappa shape index (κ2) is 7.81. The SMILES string of the molecule is Cc1ccccc1OCn1ccc(C(=O)N/N=C/c2c(C)nn(C)c2F)n1. The van der Waals surface area contributed by atoms with E-state index in [4.69, 9.17) is 4.74 Å². The molecule has 27 heavy (non-hydrogen) atoms. The first-order valence-corrected chi connectivity index (χ1v) is 8.20. The van der Waals surface area contributed by atoms with Crippen molar-refractivity contribution in [1.82, 2.24) is 25.0 Å². The van der Waals surface area contributed by atoms with E-state index in [0.29, 0.717) is 5.69 Å². The van der Waals surface area contributed by atoms with Crippen LogP contribution in [0.2, 0.25) is 0 Å². The van der Waals surface area contributed by atoms with E-state index in [-0.39, 0.29) is 18.0 Å². The Bertz CT molecular complexity index is 992. The van der Waals surface area contributed by atoms with Crippen molar-refractivity contribution in [3.05, 3.63) is 65.0 Å². The number of hydrogen-bond acceptors (Lipinski definition) is 5. The second-order valence-electron chi connectivity index (χ2n) is 5.89. The van der Waals surface area contributed by atoms with Crippen LogP contribution >= 0.6 is 0 Å². The molecule has 0 saturated heterocycles. The number of nitrogens with zero attached hydrogens (tertiary/aromatic N) is 5. The maximum atomic E-state index is 13.8. The van der Waals surface area contributed by atoms with Crippen LogP contribution in [-0.2, 0) is 13.8 Å². The molecule has 0 aliphatic heterocycles. The number of benzene rings is 1. The lowest BCUT2D eigenvalue weighted by Crippen LogP contribution is -2.19. The van der Waals surface area contributed by atoms with Gasteiger partial charge in [-0.1, -0.05) is 18.2 Å². The van der Waals surface area contributed by atoms with Gasteiger partial charge in [-0.25, -0.2) is 14.8 Å². The molecular weight excluding hydrogens is 351 g/mol. The fourth-order valence-corrected chi connectivity index (χ4v) is 2.41. The molecule has 8 nitrogen and oxygen atoms in total. The van der Waals surface area contributed by atoms with E-state index in [1.165, 1.54) is 17.9 Å². The molecule has 0 saturated carbocycles. The number of rotatable bonds is 6. The maximum absolute atomic E-state index is 13.8. The molecule has 1 aromatic carbocycles. The van der Waals surface area contributed by atoms with Crippen LogP contribution in [0.1, 0.15) is 27.3 Å². The molecule has 1 N–H and O–H groups in total. The second-order valence-corrected chi connectivity index (χ2v) is 5.89. The number of hydrogen-bond donors (Lipinski definition) is 1. The number of ether oxygens (including phenoxy) is 1. The number of carbonyl (C=O) groups is 1. The van der Waals surface area contributed by atoms with E-state index >= 15 is 0 Å². The summed E-state index contributed by atoms with van der Waals surface area (Å²) in [5.41, 5.74) is 4.19. The van der Waals surface area contributed by atoms with Gasteiger partial charge in [0.05, 0.1) is 17.5 Å². The predicted molar refractivity (Wildman–Crippen MR) is 97.0 cm³/mol. The summed E-state index contributed by atoms with van der Waals surface area (Å²) in [6, 6.07) is 9.16. The van der Waals surface area contributed by atoms with Gasteiger partial charge in [-0.3, -0.25) is 4.79 Å². The minimum Gasteiger partial charge on any atom is -0.471 e. The van der Waals surface area contributed by atoms with Gasteiger partial charge < -0.3 is 4.74 Å². The minimum atomic E-state index is -0.525. The lowest BCUT2D eigenvalue weighted by Gasteiger charge is -2.08. The van der Waals surface area contributed by atoms with Crippen LogP contribution in [-0.4, -0.2) is 31.7 Å². The number of halogens is 1. The first-order valence-electron chi connectivity index (χ1n) is 8.20. The maximum Gasteiger partial charge on any atom is 0.291 e. The van der Waals surface area contributed by atoms with Gasteiger partial charge in [-0.2, -0.15) is 19.7 Å². The molecule has 3 aromatic rings. The van der Waals surface area contributed by atoms with Crippen LogP contribution in [0.3, 0.4) is 0 Å². The highest BCUT2D eigenvalue weighted by molar-refractivity contribution is 5.93. The molecule has 0 bridgehead atoms. The standard InChI is InChI=1S/C18H19FN6O2/c1-12-6-4-5-7-16(12)27-11-25-9-8-15(23-25)18(26)21-20-10-14-13(2)22-24(3)17(14)19/h4-10H,11H2,1-3H3,(H,21,26)/b20-10+. The van der Waals surface area contributed by atoms with E-state index in [1.807, 2.05) is 31.2 Å². The quantitative estimate of drug-likeness (QED) is 0.532. The highest BCUT2D eigenvalue weighted by Gasteiger charge is 2.12. The van der Waals surface area contributed by atoms with Crippen LogP contribution in [0, 0.1) is 19.8 Å². The average molecular weight is 370 g/mol. The van der Waals surface area contributed by atoms with E-state index in [9.17, 15) is 9.18 Å². The molecule has 0 radical (unpaired) electrons. The van der Waals surface area contributed by atoms with Crippen LogP contribution in [0.25, 0.3) is 0 Å². The minimum absolute atomic E-state index is 0.168. The molecule has 2 heterocycles. The van der Waals surface area contributed by atoms with Gasteiger partial charge in [0, 0.05) is 13.2 Å². The third-order valence-corrected chi connectivity index (χ3v) is 3.88. The summed E-state index contributed by atoms with van der Waals surface area (Å²) in [4.78, 5) is 12.1. The van der Waals surface area contributed by atoms with Crippen molar-refractivity contribution in [2.75, 3.05) is 0 Å². The summed E-state index contributed by atoms with van der Waals surface area (Å²) in [5.74, 6) is -0.288. The van der Waals surface area contributed by atoms with E-state index in [2.05, 4.69) is 20.7 Å². The van der Waals surface area contributed by atoms with Crippen LogP contribution in [0.4, 0.5) is 4.39 Å². The highest BCUT2D eigenvalue weighted by Crippen LogP contribution is 2.16. The van der Waals surface area contributed by atoms with Gasteiger partial charge in [0.25, 0.3) is 5.91 Å². The highest BCUT2D eigenvalue weighted by atomic mass is 19.1. The summed E-state index contributed by atoms with van der Waals surface area (Å²) in [5, 5.41) is 11.8. The van der Waals surface area contributed by atoms with Crippen molar-refractivity contribution in [2.45, 2.75) is 20.6 Å². The number of amides is 1. The normalized spacial score (nSPS) is 11.1. The third-order valence-electron chi connectivity index (χ3n) is 3.88. The summed E-state index contributed by atoms with van der Waals surface area (Å²) in [7, 11) is 1.49. The smallest absolute Gasteiger partial charge is 0.291 e. The summed E-state index contributed by atoms with van der Waals surface area (Å²) in [6.45, 7) is 3.77. The van der Waals surface area contributed by atoms with E-state index in [0.717, 1.165) is 16.0 Å². The predicted octanol–water partition coefficient (Wildman–Crippen LogP) is 2.17. The number of nitrogens with one attached hydrogen (secondary N) is 1. The largest absolute Gasteiger partial charge is 0.471 e. The molecule has 0 aliphatic carbocycles. The zero-order valence-corrected chi connectivity index (χ0v) is 15.2. The Morgan fingerprint density at radius 3 is 2.78 bits per heavy atom. The molecule has 3 rings (SSSR count). The summed E-state index contributed by atoms with van der Waals surface area (Å²) >= 11 is 0. The molecule has 0 aliphatic rings. The molecular formula is C18H19FN6O2. The molecule has 0 spiro atoms. The first kappa shape index (κ1) is 18.3. The van der Waals surface area contributed by atoms with Crippen LogP contribution in [0.15, 0.2) is 41.6 Å². The average Bonchev–Trinajstić information content (AvgIpc) is 3.21. The lowest BCUT2D eigenvalue weighted by molar-refractivity contribution is 0.0948. The first-order chi connectivity index (χ1) is 13.0. The molecule has 0 fully saturated rings. The van der Waals surface area contributed by atoms with Crippen molar-refractivity contribution in [2.24, 2.45) is 12.1 Å². The zero-order chi connectivity index (χ0) is 19.4. The Kier molecular flexibility index (Phi) is 5.30. The Hall–Kier alpha value is -3.49. The number of hydrazone groups is 1. The molecule has 9 heteroatoms. The number of para-hydroxylation sites is 1. The van der Waals surface area contributed by atoms with Gasteiger partial charge in [-0.05, 0) is 31.5 Å². The number of aryl methyl sites for hydroxylation is 3. The van der Waals surface area contributed by atoms with E-state index < -0.39 is 11.9 Å². The Balaban J connectivity index is 1.58. The zero-order valence-electron chi connectivity index (χ0n) is 15.2.